The topological polar surface area (TPSA) is 119 Å². The Bertz CT molecular complexity index is 951. The van der Waals surface area contributed by atoms with Crippen LogP contribution in [0.4, 0.5) is 5.69 Å². The normalized spacial score (nSPS) is 10.5. The number of nitrogens with zero attached hydrogens (tertiary/aromatic N) is 1. The van der Waals surface area contributed by atoms with Gasteiger partial charge in [0.2, 0.25) is 5.91 Å². The first-order valence-electron chi connectivity index (χ1n) is 7.87. The number of hydrogen-bond acceptors (Lipinski definition) is 5. The Balaban J connectivity index is 1.72. The Morgan fingerprint density at radius 2 is 2.12 bits per heavy atom. The highest BCUT2D eigenvalue weighted by atomic mass is 16.5. The number of anilines is 1. The van der Waals surface area contributed by atoms with E-state index >= 15 is 0 Å². The van der Waals surface area contributed by atoms with Gasteiger partial charge in [0.05, 0.1) is 13.5 Å². The zero-order chi connectivity index (χ0) is 18.5. The van der Waals surface area contributed by atoms with E-state index in [0.29, 0.717) is 17.2 Å². The molecule has 3 aromatic rings. The first kappa shape index (κ1) is 17.3. The van der Waals surface area contributed by atoms with E-state index in [9.17, 15) is 9.59 Å². The summed E-state index contributed by atoms with van der Waals surface area (Å²) in [4.78, 5) is 30.5. The summed E-state index contributed by atoms with van der Waals surface area (Å²) >= 11 is 0. The summed E-state index contributed by atoms with van der Waals surface area (Å²) in [6, 6.07) is 8.64. The fourth-order valence-electron chi connectivity index (χ4n) is 2.55. The maximum Gasteiger partial charge on any atom is 0.255 e. The van der Waals surface area contributed by atoms with Gasteiger partial charge in [-0.05, 0) is 29.8 Å². The summed E-state index contributed by atoms with van der Waals surface area (Å²) in [6.45, 7) is -0.282. The van der Waals surface area contributed by atoms with E-state index in [1.165, 1.54) is 7.11 Å². The van der Waals surface area contributed by atoms with Gasteiger partial charge in [-0.2, -0.15) is 0 Å². The van der Waals surface area contributed by atoms with Crippen molar-refractivity contribution in [1.82, 2.24) is 9.97 Å². The largest absolute Gasteiger partial charge is 0.493 e. The smallest absolute Gasteiger partial charge is 0.255 e. The molecule has 0 fully saturated rings. The van der Waals surface area contributed by atoms with Gasteiger partial charge in [0.15, 0.2) is 18.1 Å². The van der Waals surface area contributed by atoms with E-state index in [2.05, 4.69) is 15.3 Å². The lowest BCUT2D eigenvalue weighted by Gasteiger charge is -2.12. The molecule has 0 spiro atoms. The van der Waals surface area contributed by atoms with E-state index in [0.717, 1.165) is 16.6 Å². The number of pyridine rings is 1. The number of carbonyl (C=O) groups is 2. The van der Waals surface area contributed by atoms with Crippen molar-refractivity contribution in [1.29, 1.82) is 0 Å². The Morgan fingerprint density at radius 3 is 2.88 bits per heavy atom. The number of fused-ring (bicyclic) bond motifs is 1. The molecule has 4 N–H and O–H groups in total. The minimum absolute atomic E-state index is 0.190. The summed E-state index contributed by atoms with van der Waals surface area (Å²) in [5.41, 5.74) is 7.20. The van der Waals surface area contributed by atoms with Gasteiger partial charge in [-0.15, -0.1) is 0 Å². The summed E-state index contributed by atoms with van der Waals surface area (Å²) in [6.07, 6.45) is 3.65. The standard InChI is InChI=1S/C18H18N4O4/c1-25-14-5-4-12(8-15(14)26-10-16(19)23)22-17(24)7-11-9-21-18-13(11)3-2-6-20-18/h2-6,8-9H,7,10H2,1H3,(H2,19,23)(H,20,21)(H,22,24). The van der Waals surface area contributed by atoms with Crippen molar-refractivity contribution in [2.45, 2.75) is 6.42 Å². The van der Waals surface area contributed by atoms with Crippen LogP contribution in [-0.2, 0) is 16.0 Å². The van der Waals surface area contributed by atoms with E-state index in [1.54, 1.807) is 30.6 Å². The van der Waals surface area contributed by atoms with Crippen LogP contribution in [0, 0.1) is 0 Å². The molecule has 3 rings (SSSR count). The number of nitrogens with one attached hydrogen (secondary N) is 2. The maximum atomic E-state index is 12.4. The molecule has 1 aromatic carbocycles. The van der Waals surface area contributed by atoms with Crippen molar-refractivity contribution in [2.75, 3.05) is 19.0 Å². The lowest BCUT2D eigenvalue weighted by molar-refractivity contribution is -0.120. The quantitative estimate of drug-likeness (QED) is 0.595. The fraction of sp³-hybridized carbons (Fsp3) is 0.167. The van der Waals surface area contributed by atoms with Crippen LogP contribution in [0.1, 0.15) is 5.56 Å². The number of carbonyl (C=O) groups excluding carboxylic acids is 2. The van der Waals surface area contributed by atoms with Gasteiger partial charge in [0.25, 0.3) is 5.91 Å². The Labute approximate surface area is 149 Å². The second-order valence-electron chi connectivity index (χ2n) is 5.56. The third-order valence-corrected chi connectivity index (χ3v) is 3.71. The molecule has 0 unspecified atom stereocenters. The van der Waals surface area contributed by atoms with Crippen molar-refractivity contribution in [3.63, 3.8) is 0 Å². The minimum Gasteiger partial charge on any atom is -0.493 e. The van der Waals surface area contributed by atoms with Gasteiger partial charge in [-0.1, -0.05) is 0 Å². The van der Waals surface area contributed by atoms with Crippen molar-refractivity contribution >= 4 is 28.5 Å². The summed E-state index contributed by atoms with van der Waals surface area (Å²) < 4.78 is 10.5. The van der Waals surface area contributed by atoms with Crippen LogP contribution < -0.4 is 20.5 Å². The Morgan fingerprint density at radius 1 is 1.27 bits per heavy atom. The molecule has 2 aromatic heterocycles. The fourth-order valence-corrected chi connectivity index (χ4v) is 2.55. The molecule has 0 radical (unpaired) electrons. The molecule has 134 valence electrons. The number of amides is 2. The van der Waals surface area contributed by atoms with Gasteiger partial charge in [0, 0.05) is 29.5 Å². The van der Waals surface area contributed by atoms with Gasteiger partial charge in [0.1, 0.15) is 5.65 Å². The molecule has 2 amide bonds. The Kier molecular flexibility index (Phi) is 5.02. The Hall–Kier alpha value is -3.55. The van der Waals surface area contributed by atoms with Crippen LogP contribution in [0.5, 0.6) is 11.5 Å². The number of aromatic amines is 1. The lowest BCUT2D eigenvalue weighted by atomic mass is 10.1. The van der Waals surface area contributed by atoms with Crippen LogP contribution in [0.3, 0.4) is 0 Å². The summed E-state index contributed by atoms with van der Waals surface area (Å²) in [5.74, 6) is -0.0393. The molecule has 0 saturated heterocycles. The van der Waals surface area contributed by atoms with Crippen LogP contribution >= 0.6 is 0 Å². The summed E-state index contributed by atoms with van der Waals surface area (Å²) in [5, 5.41) is 3.70. The van der Waals surface area contributed by atoms with Gasteiger partial charge in [-0.3, -0.25) is 9.59 Å². The molecular weight excluding hydrogens is 336 g/mol. The van der Waals surface area contributed by atoms with E-state index in [-0.39, 0.29) is 18.9 Å². The third-order valence-electron chi connectivity index (χ3n) is 3.71. The molecule has 0 atom stereocenters. The molecule has 2 heterocycles. The second kappa shape index (κ2) is 7.56. The molecular formula is C18H18N4O4. The number of H-pyrrole nitrogens is 1. The number of ether oxygens (including phenoxy) is 2. The maximum absolute atomic E-state index is 12.4. The number of rotatable bonds is 7. The van der Waals surface area contributed by atoms with Crippen LogP contribution in [0.2, 0.25) is 0 Å². The average Bonchev–Trinajstić information content (AvgIpc) is 3.03. The molecule has 26 heavy (non-hydrogen) atoms. The number of benzene rings is 1. The van der Waals surface area contributed by atoms with E-state index in [4.69, 9.17) is 15.2 Å². The van der Waals surface area contributed by atoms with Gasteiger partial charge in [-0.25, -0.2) is 4.98 Å². The molecule has 8 nitrogen and oxygen atoms in total. The molecule has 0 aliphatic carbocycles. The number of nitrogens with two attached hydrogens (primary N) is 1. The van der Waals surface area contributed by atoms with Gasteiger partial charge >= 0.3 is 0 Å². The van der Waals surface area contributed by atoms with Crippen molar-refractivity contribution in [3.05, 3.63) is 48.3 Å². The molecule has 0 saturated carbocycles. The predicted molar refractivity (Wildman–Crippen MR) is 96.1 cm³/mol. The average molecular weight is 354 g/mol. The number of aromatic nitrogens is 2. The van der Waals surface area contributed by atoms with Gasteiger partial charge < -0.3 is 25.5 Å². The van der Waals surface area contributed by atoms with E-state index in [1.807, 2.05) is 12.1 Å². The first-order chi connectivity index (χ1) is 12.6. The molecule has 0 bridgehead atoms. The predicted octanol–water partition coefficient (Wildman–Crippen LogP) is 1.62. The summed E-state index contributed by atoms with van der Waals surface area (Å²) in [7, 11) is 1.48. The van der Waals surface area contributed by atoms with Crippen LogP contribution in [0.25, 0.3) is 11.0 Å². The molecule has 0 aliphatic heterocycles. The number of primary amides is 1. The second-order valence-corrected chi connectivity index (χ2v) is 5.56. The highest BCUT2D eigenvalue weighted by Crippen LogP contribution is 2.30. The van der Waals surface area contributed by atoms with Crippen LogP contribution in [0.15, 0.2) is 42.7 Å². The molecule has 8 heteroatoms. The first-order valence-corrected chi connectivity index (χ1v) is 7.87. The van der Waals surface area contributed by atoms with Crippen molar-refractivity contribution in [3.8, 4) is 11.5 Å². The number of methoxy groups -OCH3 is 1. The number of hydrogen-bond donors (Lipinski definition) is 3. The highest BCUT2D eigenvalue weighted by molar-refractivity contribution is 5.95. The minimum atomic E-state index is -0.602. The third kappa shape index (κ3) is 3.92. The zero-order valence-corrected chi connectivity index (χ0v) is 14.1. The molecule has 0 aliphatic rings. The van der Waals surface area contributed by atoms with E-state index < -0.39 is 5.91 Å². The SMILES string of the molecule is COc1ccc(NC(=O)Cc2c[nH]c3ncccc23)cc1OCC(N)=O. The van der Waals surface area contributed by atoms with Crippen molar-refractivity contribution < 1.29 is 19.1 Å². The zero-order valence-electron chi connectivity index (χ0n) is 14.1. The lowest BCUT2D eigenvalue weighted by Crippen LogP contribution is -2.20. The van der Waals surface area contributed by atoms with Crippen molar-refractivity contribution in [2.24, 2.45) is 5.73 Å². The van der Waals surface area contributed by atoms with Crippen LogP contribution in [-0.4, -0.2) is 35.5 Å². The monoisotopic (exact) mass is 354 g/mol. The highest BCUT2D eigenvalue weighted by Gasteiger charge is 2.12.